The van der Waals surface area contributed by atoms with Gasteiger partial charge in [-0.05, 0) is 50.5 Å². The fourth-order valence-corrected chi connectivity index (χ4v) is 1.67. The Hall–Kier alpha value is -1.20. The third-order valence-electron chi connectivity index (χ3n) is 3.52. The van der Waals surface area contributed by atoms with Crippen LogP contribution in [-0.4, -0.2) is 18.3 Å². The zero-order valence-corrected chi connectivity index (χ0v) is 10.6. The highest BCUT2D eigenvalue weighted by Crippen LogP contribution is 2.36. The molecule has 0 aliphatic carbocycles. The molecule has 1 saturated heterocycles. The summed E-state index contributed by atoms with van der Waals surface area (Å²) in [6.45, 7) is 8.03. The predicted molar refractivity (Wildman–Crippen MR) is 67.6 cm³/mol. The molecule has 0 aromatic heterocycles. The highest BCUT2D eigenvalue weighted by Gasteiger charge is 2.51. The van der Waals surface area contributed by atoms with Gasteiger partial charge in [0.1, 0.15) is 5.69 Å². The number of hydrogen-bond donors (Lipinski definition) is 0. The van der Waals surface area contributed by atoms with Crippen LogP contribution < -0.4 is 5.46 Å². The Morgan fingerprint density at radius 3 is 1.88 bits per heavy atom. The summed E-state index contributed by atoms with van der Waals surface area (Å²) in [7, 11) is -0.388. The normalized spacial score (nSPS) is 21.5. The van der Waals surface area contributed by atoms with Gasteiger partial charge < -0.3 is 9.31 Å². The van der Waals surface area contributed by atoms with Gasteiger partial charge in [-0.1, -0.05) is 12.1 Å². The molecule has 0 spiro atoms. The summed E-state index contributed by atoms with van der Waals surface area (Å²) < 4.78 is 11.8. The topological polar surface area (TPSA) is 47.9 Å². The third kappa shape index (κ3) is 2.12. The fraction of sp³-hybridized carbons (Fsp3) is 0.500. The summed E-state index contributed by atoms with van der Waals surface area (Å²) in [6.07, 6.45) is 0. The van der Waals surface area contributed by atoms with Crippen LogP contribution in [0.15, 0.2) is 29.4 Å². The van der Waals surface area contributed by atoms with Gasteiger partial charge in [-0.15, -0.1) is 4.91 Å². The molecule has 0 bridgehead atoms. The SMILES string of the molecule is CC1(C)OB(c2ccc(N=O)cc2)OC1(C)C. The van der Waals surface area contributed by atoms with Crippen molar-refractivity contribution in [3.05, 3.63) is 29.2 Å². The molecule has 1 aliphatic heterocycles. The number of hydrogen-bond acceptors (Lipinski definition) is 4. The van der Waals surface area contributed by atoms with E-state index in [0.717, 1.165) is 5.46 Å². The molecular formula is C12H16BNO3. The minimum Gasteiger partial charge on any atom is -0.399 e. The molecule has 0 radical (unpaired) electrons. The van der Waals surface area contributed by atoms with E-state index in [1.807, 2.05) is 27.7 Å². The molecule has 17 heavy (non-hydrogen) atoms. The molecule has 4 nitrogen and oxygen atoms in total. The van der Waals surface area contributed by atoms with Crippen molar-refractivity contribution in [2.75, 3.05) is 0 Å². The molecule has 1 aromatic rings. The lowest BCUT2D eigenvalue weighted by Crippen LogP contribution is -2.41. The van der Waals surface area contributed by atoms with E-state index in [9.17, 15) is 4.91 Å². The molecule has 1 aromatic carbocycles. The number of nitrogens with zero attached hydrogens (tertiary/aromatic N) is 1. The lowest BCUT2D eigenvalue weighted by molar-refractivity contribution is 0.00578. The lowest BCUT2D eigenvalue weighted by Gasteiger charge is -2.32. The van der Waals surface area contributed by atoms with Gasteiger partial charge in [0.15, 0.2) is 0 Å². The maximum atomic E-state index is 10.3. The molecule has 1 heterocycles. The van der Waals surface area contributed by atoms with Gasteiger partial charge in [0, 0.05) is 0 Å². The first-order valence-electron chi connectivity index (χ1n) is 5.65. The highest BCUT2D eigenvalue weighted by molar-refractivity contribution is 6.62. The van der Waals surface area contributed by atoms with Gasteiger partial charge in [-0.25, -0.2) is 0 Å². The average molecular weight is 233 g/mol. The van der Waals surface area contributed by atoms with E-state index in [1.165, 1.54) is 0 Å². The molecule has 0 N–H and O–H groups in total. The van der Waals surface area contributed by atoms with Gasteiger partial charge in [-0.2, -0.15) is 0 Å². The maximum absolute atomic E-state index is 10.3. The van der Waals surface area contributed by atoms with Crippen molar-refractivity contribution in [2.45, 2.75) is 38.9 Å². The van der Waals surface area contributed by atoms with E-state index < -0.39 is 0 Å². The second-order valence-electron chi connectivity index (χ2n) is 5.27. The minimum absolute atomic E-state index is 0.348. The highest BCUT2D eigenvalue weighted by atomic mass is 16.7. The monoisotopic (exact) mass is 233 g/mol. The molecule has 5 heteroatoms. The fourth-order valence-electron chi connectivity index (χ4n) is 1.67. The zero-order valence-electron chi connectivity index (χ0n) is 10.6. The maximum Gasteiger partial charge on any atom is 0.494 e. The molecule has 1 aliphatic rings. The largest absolute Gasteiger partial charge is 0.494 e. The Morgan fingerprint density at radius 1 is 1.00 bits per heavy atom. The van der Waals surface area contributed by atoms with Crippen LogP contribution >= 0.6 is 0 Å². The summed E-state index contributed by atoms with van der Waals surface area (Å²) in [6, 6.07) is 6.93. The van der Waals surface area contributed by atoms with Gasteiger partial charge >= 0.3 is 7.12 Å². The van der Waals surface area contributed by atoms with E-state index in [4.69, 9.17) is 9.31 Å². The van der Waals surface area contributed by atoms with Crippen LogP contribution in [0.3, 0.4) is 0 Å². The zero-order chi connectivity index (χ0) is 12.7. The second-order valence-corrected chi connectivity index (χ2v) is 5.27. The summed E-state index contributed by atoms with van der Waals surface area (Å²) in [5.41, 5.74) is 0.611. The van der Waals surface area contributed by atoms with Gasteiger partial charge in [0.05, 0.1) is 11.2 Å². The Bertz CT molecular complexity index is 412. The summed E-state index contributed by atoms with van der Waals surface area (Å²) >= 11 is 0. The number of rotatable bonds is 2. The number of nitroso groups, excluding NO2 is 1. The van der Waals surface area contributed by atoms with Gasteiger partial charge in [0.25, 0.3) is 0 Å². The van der Waals surface area contributed by atoms with Crippen molar-refractivity contribution in [3.8, 4) is 0 Å². The van der Waals surface area contributed by atoms with Crippen molar-refractivity contribution in [2.24, 2.45) is 5.18 Å². The average Bonchev–Trinajstić information content (AvgIpc) is 2.48. The summed E-state index contributed by atoms with van der Waals surface area (Å²) in [5, 5.41) is 2.86. The van der Waals surface area contributed by atoms with Crippen LogP contribution in [0, 0.1) is 4.91 Å². The first kappa shape index (κ1) is 12.3. The van der Waals surface area contributed by atoms with Crippen LogP contribution in [0.4, 0.5) is 5.69 Å². The molecule has 2 rings (SSSR count). The molecule has 0 saturated carbocycles. The minimum atomic E-state index is -0.388. The van der Waals surface area contributed by atoms with Crippen molar-refractivity contribution < 1.29 is 9.31 Å². The predicted octanol–water partition coefficient (Wildman–Crippen LogP) is 2.38. The van der Waals surface area contributed by atoms with Crippen molar-refractivity contribution >= 4 is 18.3 Å². The quantitative estimate of drug-likeness (QED) is 0.582. The van der Waals surface area contributed by atoms with Gasteiger partial charge in [-0.3, -0.25) is 0 Å². The molecule has 0 unspecified atom stereocenters. The smallest absolute Gasteiger partial charge is 0.399 e. The Kier molecular flexibility index (Phi) is 2.83. The first-order chi connectivity index (χ1) is 7.86. The molecular weight excluding hydrogens is 217 g/mol. The Balaban J connectivity index is 2.22. The standard InChI is InChI=1S/C12H16BNO3/c1-11(2)12(3,4)17-13(16-11)9-5-7-10(14-15)8-6-9/h5-8H,1-4H3. The summed E-state index contributed by atoms with van der Waals surface area (Å²) in [4.78, 5) is 10.3. The first-order valence-corrected chi connectivity index (χ1v) is 5.65. The molecule has 1 fully saturated rings. The van der Waals surface area contributed by atoms with Crippen molar-refractivity contribution in [3.63, 3.8) is 0 Å². The van der Waals surface area contributed by atoms with Crippen LogP contribution in [-0.2, 0) is 9.31 Å². The van der Waals surface area contributed by atoms with Crippen molar-refractivity contribution in [1.82, 2.24) is 0 Å². The summed E-state index contributed by atoms with van der Waals surface area (Å²) in [5.74, 6) is 0. The van der Waals surface area contributed by atoms with E-state index in [1.54, 1.807) is 24.3 Å². The van der Waals surface area contributed by atoms with Crippen LogP contribution in [0.5, 0.6) is 0 Å². The van der Waals surface area contributed by atoms with Crippen LogP contribution in [0.1, 0.15) is 27.7 Å². The van der Waals surface area contributed by atoms with Crippen molar-refractivity contribution in [1.29, 1.82) is 0 Å². The van der Waals surface area contributed by atoms with Gasteiger partial charge in [0.2, 0.25) is 0 Å². The molecule has 0 atom stereocenters. The van der Waals surface area contributed by atoms with E-state index >= 15 is 0 Å². The molecule has 90 valence electrons. The number of benzene rings is 1. The van der Waals surface area contributed by atoms with Crippen LogP contribution in [0.2, 0.25) is 0 Å². The molecule has 0 amide bonds. The van der Waals surface area contributed by atoms with Crippen LogP contribution in [0.25, 0.3) is 0 Å². The van der Waals surface area contributed by atoms with E-state index in [-0.39, 0.29) is 18.3 Å². The Morgan fingerprint density at radius 2 is 1.47 bits per heavy atom. The second kappa shape index (κ2) is 3.93. The lowest BCUT2D eigenvalue weighted by atomic mass is 9.79. The Labute approximate surface area is 101 Å². The van der Waals surface area contributed by atoms with E-state index in [2.05, 4.69) is 5.18 Å². The van der Waals surface area contributed by atoms with E-state index in [0.29, 0.717) is 5.69 Å². The third-order valence-corrected chi connectivity index (χ3v) is 3.52.